The number of aromatic amines is 1. The van der Waals surface area contributed by atoms with E-state index >= 15 is 0 Å². The quantitative estimate of drug-likeness (QED) is 0.147. The van der Waals surface area contributed by atoms with Crippen LogP contribution in [0, 0.1) is 0 Å². The van der Waals surface area contributed by atoms with E-state index in [-0.39, 0.29) is 54.3 Å². The summed E-state index contributed by atoms with van der Waals surface area (Å²) in [5.74, 6) is 2.33. The number of hydrogen-bond acceptors (Lipinski definition) is 25. The van der Waals surface area contributed by atoms with Crippen molar-refractivity contribution < 1.29 is 22.8 Å². The Balaban J connectivity index is 0.000000500. The third kappa shape index (κ3) is 34.2. The molecule has 90 heavy (non-hydrogen) atoms. The minimum absolute atomic E-state index is 0.00347. The van der Waals surface area contributed by atoms with E-state index in [0.717, 1.165) is 28.5 Å². The number of rotatable bonds is 0. The Hall–Kier alpha value is -7.13. The maximum atomic E-state index is 4.95. The highest BCUT2D eigenvalue weighted by Crippen LogP contribution is 2.26. The molecule has 27 heteroatoms. The molecular weight excluding hydrogens is 1200 g/mol. The summed E-state index contributed by atoms with van der Waals surface area (Å²) in [4.78, 5) is 1.35. The zero-order chi connectivity index (χ0) is 69.1. The molecule has 0 aliphatic heterocycles. The van der Waals surface area contributed by atoms with Gasteiger partial charge in [-0.1, -0.05) is 223 Å². The van der Waals surface area contributed by atoms with Crippen LogP contribution in [0.15, 0.2) is 108 Å². The average Bonchev–Trinajstić information content (AvgIpc) is 4.52. The summed E-state index contributed by atoms with van der Waals surface area (Å²) < 4.78 is 37.1. The molecule has 0 aliphatic carbocycles. The van der Waals surface area contributed by atoms with Gasteiger partial charge in [-0.2, -0.15) is 9.59 Å². The van der Waals surface area contributed by atoms with Crippen molar-refractivity contribution in [3.63, 3.8) is 0 Å². The summed E-state index contributed by atoms with van der Waals surface area (Å²) in [5.41, 5.74) is 6.71. The molecular formula is C63H105N19O5S3. The molecule has 1 N–H and O–H groups in total. The molecule has 0 saturated carbocycles. The van der Waals surface area contributed by atoms with Crippen LogP contribution in [0.3, 0.4) is 0 Å². The zero-order valence-corrected chi connectivity index (χ0v) is 61.8. The van der Waals surface area contributed by atoms with E-state index in [1.54, 1.807) is 53.7 Å². The van der Waals surface area contributed by atoms with Crippen molar-refractivity contribution in [2.45, 2.75) is 262 Å². The topological polar surface area (TPSA) is 306 Å². The summed E-state index contributed by atoms with van der Waals surface area (Å²) in [5, 5.41) is 57.2. The van der Waals surface area contributed by atoms with Crippen LogP contribution in [0.1, 0.15) is 258 Å². The zero-order valence-electron chi connectivity index (χ0n) is 59.4. The van der Waals surface area contributed by atoms with Crippen molar-refractivity contribution in [2.75, 3.05) is 0 Å². The van der Waals surface area contributed by atoms with Crippen LogP contribution >= 0.6 is 34.6 Å². The molecule has 10 rings (SSSR count). The minimum Gasteiger partial charge on any atom is -0.364 e. The van der Waals surface area contributed by atoms with Crippen molar-refractivity contribution in [3.8, 4) is 0 Å². The standard InChI is InChI=1S/3C7H11NO.3C7H11NS.C6H10N2O.2C5H10N4.C5H9N3O/c1-7(2,3)6-4-8-9-5-6;1-7(2,3)6-4-5-9-8-6;1-7(2,3)6-4-5-8-9-6;1-7(2,3)6-4-8-9-5-6;1-7(2,3)6-4-5-9-8-6;1-7(2,3)6-4-5-8-9-6;1-6(2,3)5-4-7-9-8-5;1-5(2,3)9-4-6-7-8-9;2*1-5(2,3)4-6-8-9-7-4/h6*4-5H,1-3H3;2*4H,1-3H3;1-3H3,(H,6,7,8,9);1-3H3. The van der Waals surface area contributed by atoms with Crippen LogP contribution < -0.4 is 0 Å². The van der Waals surface area contributed by atoms with Crippen LogP contribution in [0.25, 0.3) is 0 Å². The number of nitrogens with zero attached hydrogens (tertiary/aromatic N) is 18. The fourth-order valence-electron chi connectivity index (χ4n) is 5.42. The molecule has 0 saturated heterocycles. The molecule has 10 aromatic heterocycles. The maximum Gasteiger partial charge on any atom is 0.201 e. The van der Waals surface area contributed by atoms with E-state index in [4.69, 9.17) is 13.6 Å². The molecule has 0 aliphatic rings. The fourth-order valence-corrected chi connectivity index (χ4v) is 7.51. The Labute approximate surface area is 547 Å². The fraction of sp³-hybridized carbons (Fsp3) is 0.635. The van der Waals surface area contributed by atoms with Crippen molar-refractivity contribution in [1.82, 2.24) is 95.3 Å². The van der Waals surface area contributed by atoms with Crippen LogP contribution in [-0.4, -0.2) is 95.3 Å². The van der Waals surface area contributed by atoms with Gasteiger partial charge in [0, 0.05) is 78.2 Å². The third-order valence-corrected chi connectivity index (χ3v) is 13.8. The molecule has 0 bridgehead atoms. The van der Waals surface area contributed by atoms with Gasteiger partial charge in [-0.05, 0) is 105 Å². The maximum absolute atomic E-state index is 4.95. The van der Waals surface area contributed by atoms with E-state index in [1.807, 2.05) is 92.2 Å². The van der Waals surface area contributed by atoms with E-state index in [1.165, 1.54) is 39.2 Å². The van der Waals surface area contributed by atoms with Gasteiger partial charge in [0.15, 0.2) is 5.82 Å². The number of aromatic nitrogens is 19. The molecule has 0 unspecified atom stereocenters. The monoisotopic (exact) mass is 1300 g/mol. The Morgan fingerprint density at radius 3 is 1.32 bits per heavy atom. The number of tetrazole rings is 2. The Kier molecular flexibility index (Phi) is 31.9. The second kappa shape index (κ2) is 35.5. The second-order valence-electron chi connectivity index (χ2n) is 30.7. The van der Waals surface area contributed by atoms with Crippen LogP contribution in [-0.2, 0) is 54.3 Å². The highest BCUT2D eigenvalue weighted by molar-refractivity contribution is 7.05. The number of hydrogen-bond donors (Lipinski definition) is 1. The predicted octanol–water partition coefficient (Wildman–Crippen LogP) is 16.3. The van der Waals surface area contributed by atoms with E-state index in [2.05, 4.69) is 263 Å². The number of H-pyrrole nitrogens is 1. The van der Waals surface area contributed by atoms with Crippen LogP contribution in [0.4, 0.5) is 0 Å². The van der Waals surface area contributed by atoms with Gasteiger partial charge in [0.25, 0.3) is 0 Å². The highest BCUT2D eigenvalue weighted by atomic mass is 32.1. The first-order valence-corrected chi connectivity index (χ1v) is 31.8. The van der Waals surface area contributed by atoms with Crippen molar-refractivity contribution in [3.05, 3.63) is 135 Å². The van der Waals surface area contributed by atoms with Gasteiger partial charge < -0.3 is 13.6 Å². The summed E-state index contributed by atoms with van der Waals surface area (Å²) in [6.07, 6.45) is 13.7. The lowest BCUT2D eigenvalue weighted by atomic mass is 9.90. The highest BCUT2D eigenvalue weighted by Gasteiger charge is 2.22. The predicted molar refractivity (Wildman–Crippen MR) is 358 cm³/mol. The first-order chi connectivity index (χ1) is 41.1. The molecule has 0 fully saturated rings. The third-order valence-electron chi connectivity index (χ3n) is 11.5. The van der Waals surface area contributed by atoms with E-state index < -0.39 is 0 Å². The van der Waals surface area contributed by atoms with Crippen molar-refractivity contribution in [1.29, 1.82) is 0 Å². The van der Waals surface area contributed by atoms with Crippen molar-refractivity contribution >= 4 is 34.6 Å². The van der Waals surface area contributed by atoms with Gasteiger partial charge in [0.2, 0.25) is 5.82 Å². The normalized spacial score (nSPS) is 11.9. The van der Waals surface area contributed by atoms with E-state index in [9.17, 15) is 0 Å². The summed E-state index contributed by atoms with van der Waals surface area (Å²) in [7, 11) is 0. The van der Waals surface area contributed by atoms with Gasteiger partial charge in [-0.15, -0.1) is 15.3 Å². The Morgan fingerprint density at radius 2 is 1.10 bits per heavy atom. The first-order valence-electron chi connectivity index (χ1n) is 29.4. The SMILES string of the molecule is CC(C)(C)c1ccno1.CC(C)(C)c1ccns1.CC(C)(C)c1ccon1.CC(C)(C)c1ccsn1.CC(C)(C)c1cnoc1.CC(C)(C)c1cnon1.CC(C)(C)c1cnsc1.CC(C)(C)c1nn[nH]n1.CC(C)(C)c1nnon1.CC(C)(C)n1cnnn1. The van der Waals surface area contributed by atoms with Gasteiger partial charge in [0.05, 0.1) is 40.8 Å². The molecule has 0 aromatic carbocycles. The first kappa shape index (κ1) is 80.9. The van der Waals surface area contributed by atoms with Crippen molar-refractivity contribution in [2.24, 2.45) is 0 Å². The largest absolute Gasteiger partial charge is 0.364 e. The molecule has 0 radical (unpaired) electrons. The van der Waals surface area contributed by atoms with Gasteiger partial charge in [-0.3, -0.25) is 0 Å². The molecule has 0 amide bonds. The Bertz CT molecular complexity index is 2470. The second-order valence-corrected chi connectivity index (χ2v) is 32.9. The molecule has 10 aromatic rings. The summed E-state index contributed by atoms with van der Waals surface area (Å²) in [6, 6.07) is 7.93. The molecule has 500 valence electrons. The van der Waals surface area contributed by atoms with E-state index in [0.29, 0.717) is 5.82 Å². The average molecular weight is 1300 g/mol. The molecule has 0 atom stereocenters. The number of nitrogens with one attached hydrogen (secondary N) is 1. The van der Waals surface area contributed by atoms with Crippen LogP contribution in [0.5, 0.6) is 0 Å². The van der Waals surface area contributed by atoms with Gasteiger partial charge in [0.1, 0.15) is 30.3 Å². The molecule has 0 spiro atoms. The van der Waals surface area contributed by atoms with Gasteiger partial charge >= 0.3 is 0 Å². The Morgan fingerprint density at radius 1 is 0.478 bits per heavy atom. The smallest absolute Gasteiger partial charge is 0.201 e. The molecule has 10 heterocycles. The minimum atomic E-state index is -0.0556. The summed E-state index contributed by atoms with van der Waals surface area (Å²) in [6.45, 7) is 63.1. The lowest BCUT2D eigenvalue weighted by Gasteiger charge is -2.16. The van der Waals surface area contributed by atoms with Gasteiger partial charge in [-0.25, -0.2) is 22.7 Å². The lowest BCUT2D eigenvalue weighted by Crippen LogP contribution is -2.22. The lowest BCUT2D eigenvalue weighted by molar-refractivity contribution is 0.287. The summed E-state index contributed by atoms with van der Waals surface area (Å²) >= 11 is 4.61. The van der Waals surface area contributed by atoms with Crippen LogP contribution in [0.2, 0.25) is 0 Å². The molecule has 24 nitrogen and oxygen atoms in total.